The van der Waals surface area contributed by atoms with Crippen LogP contribution >= 0.6 is 0 Å². The Balaban J connectivity index is 2.80. The van der Waals surface area contributed by atoms with Gasteiger partial charge in [-0.05, 0) is 27.2 Å². The molecule has 0 aliphatic heterocycles. The van der Waals surface area contributed by atoms with Gasteiger partial charge < -0.3 is 9.84 Å². The highest BCUT2D eigenvalue weighted by Crippen LogP contribution is 2.39. The molecule has 0 amide bonds. The molecule has 0 aromatic carbocycles. The van der Waals surface area contributed by atoms with Gasteiger partial charge in [0, 0.05) is 12.3 Å². The average molecular weight is 226 g/mol. The van der Waals surface area contributed by atoms with Gasteiger partial charge in [-0.2, -0.15) is 0 Å². The lowest BCUT2D eigenvalue weighted by molar-refractivity contribution is -0.173. The summed E-state index contributed by atoms with van der Waals surface area (Å²) >= 11 is 0. The molecule has 3 heteroatoms. The predicted molar refractivity (Wildman–Crippen MR) is 62.9 cm³/mol. The van der Waals surface area contributed by atoms with Crippen LogP contribution in [0, 0.1) is 5.92 Å². The summed E-state index contributed by atoms with van der Waals surface area (Å²) in [4.78, 5) is 11.9. The van der Waals surface area contributed by atoms with Gasteiger partial charge in [0.25, 0.3) is 0 Å². The number of rotatable bonds is 4. The molecule has 1 aliphatic carbocycles. The van der Waals surface area contributed by atoms with Gasteiger partial charge in [-0.25, -0.2) is 4.79 Å². The van der Waals surface area contributed by atoms with Crippen molar-refractivity contribution in [1.82, 2.24) is 0 Å². The van der Waals surface area contributed by atoms with Crippen LogP contribution in [0.1, 0.15) is 47.0 Å². The fourth-order valence-corrected chi connectivity index (χ4v) is 2.27. The molecular formula is C13H22O3. The number of esters is 1. The molecule has 0 fully saturated rings. The molecular weight excluding hydrogens is 204 g/mol. The predicted octanol–water partition coefficient (Wildman–Crippen LogP) is 2.44. The summed E-state index contributed by atoms with van der Waals surface area (Å²) in [5.41, 5.74) is -0.227. The number of ether oxygens (including phenoxy) is 1. The first kappa shape index (κ1) is 13.2. The van der Waals surface area contributed by atoms with Crippen molar-refractivity contribution in [2.75, 3.05) is 0 Å². The van der Waals surface area contributed by atoms with Crippen LogP contribution in [0.2, 0.25) is 0 Å². The third kappa shape index (κ3) is 2.46. The summed E-state index contributed by atoms with van der Waals surface area (Å²) in [6.07, 6.45) is 3.93. The first-order valence-corrected chi connectivity index (χ1v) is 6.02. The van der Waals surface area contributed by atoms with Gasteiger partial charge in [-0.1, -0.05) is 25.0 Å². The van der Waals surface area contributed by atoms with E-state index in [-0.39, 0.29) is 12.0 Å². The maximum atomic E-state index is 11.9. The second-order valence-corrected chi connectivity index (χ2v) is 4.87. The van der Waals surface area contributed by atoms with Gasteiger partial charge in [0.1, 0.15) is 0 Å². The average Bonchev–Trinajstić information content (AvgIpc) is 2.47. The molecule has 0 heterocycles. The van der Waals surface area contributed by atoms with Crippen molar-refractivity contribution in [1.29, 1.82) is 0 Å². The summed E-state index contributed by atoms with van der Waals surface area (Å²) in [6, 6.07) is 0. The molecule has 0 bridgehead atoms. The van der Waals surface area contributed by atoms with E-state index in [1.165, 1.54) is 0 Å². The molecule has 1 N–H and O–H groups in total. The zero-order valence-corrected chi connectivity index (χ0v) is 10.6. The second-order valence-electron chi connectivity index (χ2n) is 4.87. The van der Waals surface area contributed by atoms with Gasteiger partial charge >= 0.3 is 5.97 Å². The first-order chi connectivity index (χ1) is 7.41. The standard InChI is InChI=1S/C13H22O3/c1-5-6-11-10(4)7-8-13(11,15)12(14)16-9(2)3/h7,9,11,15H,5-6,8H2,1-4H3/t11-,13+/m1/s1. The van der Waals surface area contributed by atoms with Crippen molar-refractivity contribution in [2.24, 2.45) is 5.92 Å². The molecule has 1 rings (SSSR count). The maximum absolute atomic E-state index is 11.9. The van der Waals surface area contributed by atoms with Crippen molar-refractivity contribution >= 4 is 5.97 Å². The second kappa shape index (κ2) is 5.00. The van der Waals surface area contributed by atoms with Gasteiger partial charge in [-0.15, -0.1) is 0 Å². The van der Waals surface area contributed by atoms with Crippen molar-refractivity contribution in [2.45, 2.75) is 58.7 Å². The van der Waals surface area contributed by atoms with Gasteiger partial charge in [-0.3, -0.25) is 0 Å². The van der Waals surface area contributed by atoms with Crippen molar-refractivity contribution < 1.29 is 14.6 Å². The third-order valence-corrected chi connectivity index (χ3v) is 3.13. The van der Waals surface area contributed by atoms with E-state index >= 15 is 0 Å². The molecule has 92 valence electrons. The van der Waals surface area contributed by atoms with E-state index in [0.29, 0.717) is 6.42 Å². The maximum Gasteiger partial charge on any atom is 0.339 e. The Labute approximate surface area is 97.5 Å². The van der Waals surface area contributed by atoms with E-state index in [1.807, 2.05) is 13.0 Å². The molecule has 0 radical (unpaired) electrons. The highest BCUT2D eigenvalue weighted by atomic mass is 16.6. The molecule has 0 saturated heterocycles. The normalized spacial score (nSPS) is 29.4. The number of hydrogen-bond acceptors (Lipinski definition) is 3. The monoisotopic (exact) mass is 226 g/mol. The zero-order valence-electron chi connectivity index (χ0n) is 10.6. The lowest BCUT2D eigenvalue weighted by atomic mass is 9.83. The minimum absolute atomic E-state index is 0.0799. The highest BCUT2D eigenvalue weighted by Gasteiger charge is 2.48. The molecule has 3 nitrogen and oxygen atoms in total. The molecule has 0 aromatic rings. The minimum Gasteiger partial charge on any atom is -0.461 e. The fraction of sp³-hybridized carbons (Fsp3) is 0.769. The van der Waals surface area contributed by atoms with Crippen LogP contribution in [0.25, 0.3) is 0 Å². The zero-order chi connectivity index (χ0) is 12.3. The Morgan fingerprint density at radius 2 is 2.31 bits per heavy atom. The summed E-state index contributed by atoms with van der Waals surface area (Å²) < 4.78 is 5.14. The highest BCUT2D eigenvalue weighted by molar-refractivity contribution is 5.81. The van der Waals surface area contributed by atoms with Crippen molar-refractivity contribution in [3.63, 3.8) is 0 Å². The topological polar surface area (TPSA) is 46.5 Å². The number of aliphatic hydroxyl groups is 1. The molecule has 0 unspecified atom stereocenters. The molecule has 0 aromatic heterocycles. The van der Waals surface area contributed by atoms with E-state index in [2.05, 4.69) is 6.92 Å². The fourth-order valence-electron chi connectivity index (χ4n) is 2.27. The summed E-state index contributed by atoms with van der Waals surface area (Å²) in [7, 11) is 0. The lowest BCUT2D eigenvalue weighted by Gasteiger charge is -2.30. The Kier molecular flexibility index (Phi) is 4.14. The van der Waals surface area contributed by atoms with E-state index in [0.717, 1.165) is 18.4 Å². The smallest absolute Gasteiger partial charge is 0.339 e. The number of carbonyl (C=O) groups is 1. The molecule has 16 heavy (non-hydrogen) atoms. The van der Waals surface area contributed by atoms with Gasteiger partial charge in [0.15, 0.2) is 5.60 Å². The first-order valence-electron chi connectivity index (χ1n) is 6.02. The largest absolute Gasteiger partial charge is 0.461 e. The van der Waals surface area contributed by atoms with E-state index in [4.69, 9.17) is 4.74 Å². The quantitative estimate of drug-likeness (QED) is 0.591. The summed E-state index contributed by atoms with van der Waals surface area (Å²) in [5, 5.41) is 10.4. The molecule has 2 atom stereocenters. The van der Waals surface area contributed by atoms with Crippen LogP contribution < -0.4 is 0 Å². The third-order valence-electron chi connectivity index (χ3n) is 3.13. The molecule has 1 aliphatic rings. The number of hydrogen-bond donors (Lipinski definition) is 1. The van der Waals surface area contributed by atoms with Crippen LogP contribution in [-0.4, -0.2) is 22.8 Å². The van der Waals surface area contributed by atoms with Crippen molar-refractivity contribution in [3.8, 4) is 0 Å². The van der Waals surface area contributed by atoms with Gasteiger partial charge in [0.2, 0.25) is 0 Å². The summed E-state index contributed by atoms with van der Waals surface area (Å²) in [6.45, 7) is 7.62. The van der Waals surface area contributed by atoms with Crippen LogP contribution in [0.4, 0.5) is 0 Å². The Hall–Kier alpha value is -0.830. The van der Waals surface area contributed by atoms with Gasteiger partial charge in [0.05, 0.1) is 6.10 Å². The SMILES string of the molecule is CCC[C@@H]1C(C)=CC[C@@]1(O)C(=O)OC(C)C. The van der Waals surface area contributed by atoms with E-state index in [1.54, 1.807) is 13.8 Å². The Bertz CT molecular complexity index is 294. The minimum atomic E-state index is -1.33. The van der Waals surface area contributed by atoms with Crippen LogP contribution in [0.5, 0.6) is 0 Å². The van der Waals surface area contributed by atoms with E-state index in [9.17, 15) is 9.90 Å². The number of carbonyl (C=O) groups excluding carboxylic acids is 1. The lowest BCUT2D eigenvalue weighted by Crippen LogP contribution is -2.45. The molecule has 0 saturated carbocycles. The Morgan fingerprint density at radius 3 is 2.81 bits per heavy atom. The van der Waals surface area contributed by atoms with Crippen LogP contribution in [-0.2, 0) is 9.53 Å². The Morgan fingerprint density at radius 1 is 1.69 bits per heavy atom. The van der Waals surface area contributed by atoms with Crippen molar-refractivity contribution in [3.05, 3.63) is 11.6 Å². The molecule has 0 spiro atoms. The van der Waals surface area contributed by atoms with Crippen LogP contribution in [0.15, 0.2) is 11.6 Å². The summed E-state index contributed by atoms with van der Waals surface area (Å²) in [5.74, 6) is -0.558. The van der Waals surface area contributed by atoms with E-state index < -0.39 is 11.6 Å². The van der Waals surface area contributed by atoms with Crippen LogP contribution in [0.3, 0.4) is 0 Å².